The van der Waals surface area contributed by atoms with Crippen LogP contribution < -0.4 is 10.2 Å². The van der Waals surface area contributed by atoms with Crippen molar-refractivity contribution in [1.29, 1.82) is 0 Å². The van der Waals surface area contributed by atoms with Crippen molar-refractivity contribution in [2.24, 2.45) is 0 Å². The number of anilines is 1. The van der Waals surface area contributed by atoms with Crippen molar-refractivity contribution in [3.8, 4) is 0 Å². The van der Waals surface area contributed by atoms with E-state index in [1.165, 1.54) is 30.5 Å². The minimum absolute atomic E-state index is 0.876. The number of unbranched alkanes of at least 4 members (excludes halogenated alkanes) is 2. The molecule has 0 radical (unpaired) electrons. The molecule has 0 aromatic carbocycles. The Morgan fingerprint density at radius 2 is 2.19 bits per heavy atom. The van der Waals surface area contributed by atoms with E-state index < -0.39 is 0 Å². The van der Waals surface area contributed by atoms with Gasteiger partial charge in [-0.25, -0.2) is 0 Å². The summed E-state index contributed by atoms with van der Waals surface area (Å²) in [5.41, 5.74) is 2.56. The normalized spacial score (nSPS) is 10.4. The molecule has 0 aliphatic heterocycles. The molecule has 1 heterocycles. The highest BCUT2D eigenvalue weighted by molar-refractivity contribution is 5.51. The molecule has 0 aliphatic carbocycles. The Morgan fingerprint density at radius 1 is 1.38 bits per heavy atom. The standard InChI is InChI=1S/C13H23N3/c1-4-5-6-9-16(3)13-7-8-15-11-12(13)10-14-2/h7-8,11,14H,4-6,9-10H2,1-3H3. The van der Waals surface area contributed by atoms with E-state index in [0.29, 0.717) is 0 Å². The first-order valence-electron chi connectivity index (χ1n) is 6.08. The van der Waals surface area contributed by atoms with E-state index in [0.717, 1.165) is 13.1 Å². The monoisotopic (exact) mass is 221 g/mol. The number of pyridine rings is 1. The minimum Gasteiger partial charge on any atom is -0.374 e. The highest BCUT2D eigenvalue weighted by Gasteiger charge is 2.05. The van der Waals surface area contributed by atoms with Gasteiger partial charge in [0, 0.05) is 43.8 Å². The Balaban J connectivity index is 2.62. The molecule has 16 heavy (non-hydrogen) atoms. The fourth-order valence-electron chi connectivity index (χ4n) is 1.84. The maximum absolute atomic E-state index is 4.18. The largest absolute Gasteiger partial charge is 0.374 e. The first-order valence-corrected chi connectivity index (χ1v) is 6.08. The van der Waals surface area contributed by atoms with E-state index in [9.17, 15) is 0 Å². The minimum atomic E-state index is 0.876. The Bertz CT molecular complexity index is 299. The van der Waals surface area contributed by atoms with Crippen molar-refractivity contribution in [1.82, 2.24) is 10.3 Å². The molecule has 1 N–H and O–H groups in total. The summed E-state index contributed by atoms with van der Waals surface area (Å²) in [6.07, 6.45) is 7.64. The van der Waals surface area contributed by atoms with Gasteiger partial charge in [-0.15, -0.1) is 0 Å². The molecule has 0 saturated heterocycles. The van der Waals surface area contributed by atoms with E-state index in [1.807, 2.05) is 19.4 Å². The fraction of sp³-hybridized carbons (Fsp3) is 0.615. The summed E-state index contributed by atoms with van der Waals surface area (Å²) in [7, 11) is 4.12. The van der Waals surface area contributed by atoms with Gasteiger partial charge in [0.25, 0.3) is 0 Å². The number of hydrogen-bond acceptors (Lipinski definition) is 3. The molecule has 0 fully saturated rings. The average Bonchev–Trinajstić information content (AvgIpc) is 2.30. The summed E-state index contributed by atoms with van der Waals surface area (Å²) in [4.78, 5) is 6.50. The van der Waals surface area contributed by atoms with Gasteiger partial charge in [-0.3, -0.25) is 4.98 Å². The SMILES string of the molecule is CCCCCN(C)c1ccncc1CNC. The first kappa shape index (κ1) is 13.0. The van der Waals surface area contributed by atoms with Crippen LogP contribution >= 0.6 is 0 Å². The molecule has 1 aromatic rings. The maximum atomic E-state index is 4.18. The molecule has 3 heteroatoms. The second-order valence-corrected chi connectivity index (χ2v) is 4.16. The van der Waals surface area contributed by atoms with Gasteiger partial charge in [-0.2, -0.15) is 0 Å². The van der Waals surface area contributed by atoms with Crippen molar-refractivity contribution >= 4 is 5.69 Å². The summed E-state index contributed by atoms with van der Waals surface area (Å²) < 4.78 is 0. The Hall–Kier alpha value is -1.09. The van der Waals surface area contributed by atoms with Crippen molar-refractivity contribution in [3.05, 3.63) is 24.0 Å². The molecule has 0 atom stereocenters. The van der Waals surface area contributed by atoms with Crippen LogP contribution in [0.1, 0.15) is 31.7 Å². The average molecular weight is 221 g/mol. The summed E-state index contributed by atoms with van der Waals surface area (Å²) in [6.45, 7) is 4.23. The number of aromatic nitrogens is 1. The lowest BCUT2D eigenvalue weighted by molar-refractivity contribution is 0.701. The van der Waals surface area contributed by atoms with Gasteiger partial charge >= 0.3 is 0 Å². The zero-order chi connectivity index (χ0) is 11.8. The molecule has 0 bridgehead atoms. The van der Waals surface area contributed by atoms with Crippen LogP contribution in [0, 0.1) is 0 Å². The van der Waals surface area contributed by atoms with Crippen molar-refractivity contribution < 1.29 is 0 Å². The molecule has 90 valence electrons. The van der Waals surface area contributed by atoms with E-state index in [1.54, 1.807) is 0 Å². The van der Waals surface area contributed by atoms with Crippen LogP contribution in [0.4, 0.5) is 5.69 Å². The fourth-order valence-corrected chi connectivity index (χ4v) is 1.84. The molecular weight excluding hydrogens is 198 g/mol. The van der Waals surface area contributed by atoms with Crippen LogP contribution in [0.3, 0.4) is 0 Å². The highest BCUT2D eigenvalue weighted by Crippen LogP contribution is 2.18. The maximum Gasteiger partial charge on any atom is 0.0440 e. The molecule has 0 spiro atoms. The quantitative estimate of drug-likeness (QED) is 0.717. The van der Waals surface area contributed by atoms with Crippen molar-refractivity contribution in [3.63, 3.8) is 0 Å². The Kier molecular flexibility index (Phi) is 5.86. The van der Waals surface area contributed by atoms with Crippen LogP contribution in [-0.4, -0.2) is 25.6 Å². The van der Waals surface area contributed by atoms with Gasteiger partial charge in [-0.05, 0) is 19.5 Å². The van der Waals surface area contributed by atoms with Gasteiger partial charge in [-0.1, -0.05) is 19.8 Å². The van der Waals surface area contributed by atoms with Gasteiger partial charge in [0.1, 0.15) is 0 Å². The predicted octanol–water partition coefficient (Wildman–Crippen LogP) is 2.43. The molecule has 1 aromatic heterocycles. The number of hydrogen-bond donors (Lipinski definition) is 1. The molecule has 1 rings (SSSR count). The summed E-state index contributed by atoms with van der Waals surface area (Å²) in [6, 6.07) is 2.10. The Labute approximate surface area is 98.9 Å². The summed E-state index contributed by atoms with van der Waals surface area (Å²) in [5.74, 6) is 0. The lowest BCUT2D eigenvalue weighted by atomic mass is 10.2. The molecule has 0 amide bonds. The van der Waals surface area contributed by atoms with Crippen molar-refractivity contribution in [2.75, 3.05) is 25.5 Å². The van der Waals surface area contributed by atoms with Gasteiger partial charge in [0.2, 0.25) is 0 Å². The number of nitrogens with one attached hydrogen (secondary N) is 1. The number of rotatable bonds is 7. The highest BCUT2D eigenvalue weighted by atomic mass is 15.1. The summed E-state index contributed by atoms with van der Waals surface area (Å²) >= 11 is 0. The van der Waals surface area contributed by atoms with Crippen LogP contribution in [0.15, 0.2) is 18.5 Å². The van der Waals surface area contributed by atoms with Gasteiger partial charge < -0.3 is 10.2 Å². The van der Waals surface area contributed by atoms with E-state index in [4.69, 9.17) is 0 Å². The predicted molar refractivity (Wildman–Crippen MR) is 69.8 cm³/mol. The van der Waals surface area contributed by atoms with Gasteiger partial charge in [0.15, 0.2) is 0 Å². The third kappa shape index (κ3) is 3.81. The first-order chi connectivity index (χ1) is 7.79. The zero-order valence-corrected chi connectivity index (χ0v) is 10.7. The van der Waals surface area contributed by atoms with Gasteiger partial charge in [0.05, 0.1) is 0 Å². The second kappa shape index (κ2) is 7.23. The third-order valence-electron chi connectivity index (χ3n) is 2.75. The molecular formula is C13H23N3. The van der Waals surface area contributed by atoms with E-state index >= 15 is 0 Å². The van der Waals surface area contributed by atoms with Crippen LogP contribution in [0.25, 0.3) is 0 Å². The van der Waals surface area contributed by atoms with E-state index in [-0.39, 0.29) is 0 Å². The zero-order valence-electron chi connectivity index (χ0n) is 10.7. The summed E-state index contributed by atoms with van der Waals surface area (Å²) in [5, 5.41) is 3.18. The lowest BCUT2D eigenvalue weighted by Gasteiger charge is -2.22. The number of nitrogens with zero attached hydrogens (tertiary/aromatic N) is 2. The molecule has 0 saturated carbocycles. The van der Waals surface area contributed by atoms with Crippen LogP contribution in [0.2, 0.25) is 0 Å². The third-order valence-corrected chi connectivity index (χ3v) is 2.75. The van der Waals surface area contributed by atoms with E-state index in [2.05, 4.69) is 35.2 Å². The molecule has 0 unspecified atom stereocenters. The van der Waals surface area contributed by atoms with Crippen LogP contribution in [0.5, 0.6) is 0 Å². The molecule has 3 nitrogen and oxygen atoms in total. The topological polar surface area (TPSA) is 28.2 Å². The second-order valence-electron chi connectivity index (χ2n) is 4.16. The lowest BCUT2D eigenvalue weighted by Crippen LogP contribution is -2.21. The van der Waals surface area contributed by atoms with Crippen LogP contribution in [-0.2, 0) is 6.54 Å². The molecule has 0 aliphatic rings. The van der Waals surface area contributed by atoms with Crippen molar-refractivity contribution in [2.45, 2.75) is 32.7 Å². The smallest absolute Gasteiger partial charge is 0.0440 e. The Morgan fingerprint density at radius 3 is 2.88 bits per heavy atom.